The highest BCUT2D eigenvalue weighted by atomic mass is 16.5. The minimum atomic E-state index is -0.315. The zero-order valence-corrected chi connectivity index (χ0v) is 15.0. The minimum Gasteiger partial charge on any atom is -0.466 e. The fourth-order valence-electron chi connectivity index (χ4n) is 3.37. The van der Waals surface area contributed by atoms with Crippen molar-refractivity contribution in [3.63, 3.8) is 0 Å². The molecule has 1 aliphatic heterocycles. The first kappa shape index (κ1) is 17.0. The van der Waals surface area contributed by atoms with Crippen LogP contribution in [-0.2, 0) is 9.53 Å². The Morgan fingerprint density at radius 3 is 2.40 bits per heavy atom. The average Bonchev–Trinajstić information content (AvgIpc) is 2.62. The number of pyridine rings is 1. The van der Waals surface area contributed by atoms with Crippen molar-refractivity contribution in [1.82, 2.24) is 10.3 Å². The van der Waals surface area contributed by atoms with Gasteiger partial charge in [0.1, 0.15) is 0 Å². The molecule has 2 aromatic rings. The van der Waals surface area contributed by atoms with E-state index in [1.54, 1.807) is 6.20 Å². The van der Waals surface area contributed by atoms with E-state index in [9.17, 15) is 4.79 Å². The van der Waals surface area contributed by atoms with Gasteiger partial charge in [0.25, 0.3) is 0 Å². The van der Waals surface area contributed by atoms with Gasteiger partial charge in [0.05, 0.1) is 12.7 Å². The second-order valence-corrected chi connectivity index (χ2v) is 6.28. The molecule has 0 spiro atoms. The molecule has 1 aromatic heterocycles. The number of carbonyl (C=O) groups excluding carboxylic acids is 1. The molecule has 0 saturated carbocycles. The normalized spacial score (nSPS) is 17.4. The molecule has 4 heteroatoms. The van der Waals surface area contributed by atoms with Gasteiger partial charge >= 0.3 is 5.97 Å². The van der Waals surface area contributed by atoms with E-state index in [0.717, 1.165) is 28.1 Å². The summed E-state index contributed by atoms with van der Waals surface area (Å²) >= 11 is 0. The van der Waals surface area contributed by atoms with E-state index in [1.165, 1.54) is 12.7 Å². The number of methoxy groups -OCH3 is 1. The summed E-state index contributed by atoms with van der Waals surface area (Å²) in [4.78, 5) is 16.8. The van der Waals surface area contributed by atoms with E-state index in [2.05, 4.69) is 41.5 Å². The molecule has 0 fully saturated rings. The van der Waals surface area contributed by atoms with Crippen molar-refractivity contribution in [2.45, 2.75) is 26.7 Å². The predicted molar refractivity (Wildman–Crippen MR) is 98.6 cm³/mol. The van der Waals surface area contributed by atoms with Crippen LogP contribution in [0.5, 0.6) is 0 Å². The number of hydrogen-bond acceptors (Lipinski definition) is 4. The second-order valence-electron chi connectivity index (χ2n) is 6.28. The standard InChI is InChI=1S/C21H22N2O2/c1-13-7-9-16(10-8-13)20-18(17-6-5-11-22-12-17)14(2)23-15(3)19(20)21(24)25-4/h5-12,20,23H,1-4H3. The number of benzene rings is 1. The Labute approximate surface area is 148 Å². The smallest absolute Gasteiger partial charge is 0.336 e. The Bertz CT molecular complexity index is 849. The van der Waals surface area contributed by atoms with Crippen molar-refractivity contribution >= 4 is 11.5 Å². The molecule has 0 aliphatic carbocycles. The van der Waals surface area contributed by atoms with Gasteiger partial charge in [-0.1, -0.05) is 35.9 Å². The first-order valence-corrected chi connectivity index (χ1v) is 8.26. The van der Waals surface area contributed by atoms with Crippen LogP contribution in [-0.4, -0.2) is 18.1 Å². The number of dihydropyridines is 1. The maximum Gasteiger partial charge on any atom is 0.336 e. The molecule has 0 amide bonds. The molecule has 128 valence electrons. The lowest BCUT2D eigenvalue weighted by Crippen LogP contribution is -2.28. The van der Waals surface area contributed by atoms with Crippen LogP contribution in [0.1, 0.15) is 36.5 Å². The first-order chi connectivity index (χ1) is 12.0. The number of hydrogen-bond donors (Lipinski definition) is 1. The Morgan fingerprint density at radius 1 is 1.08 bits per heavy atom. The van der Waals surface area contributed by atoms with Gasteiger partial charge in [0.2, 0.25) is 0 Å². The molecule has 25 heavy (non-hydrogen) atoms. The second kappa shape index (κ2) is 6.93. The van der Waals surface area contributed by atoms with Gasteiger partial charge in [-0.05, 0) is 43.5 Å². The molecule has 1 atom stereocenters. The van der Waals surface area contributed by atoms with Crippen LogP contribution >= 0.6 is 0 Å². The van der Waals surface area contributed by atoms with Gasteiger partial charge in [-0.2, -0.15) is 0 Å². The summed E-state index contributed by atoms with van der Waals surface area (Å²) in [5.74, 6) is -0.511. The molecule has 0 bridgehead atoms. The predicted octanol–water partition coefficient (Wildman–Crippen LogP) is 3.96. The van der Waals surface area contributed by atoms with Crippen LogP contribution < -0.4 is 5.32 Å². The molecule has 3 rings (SSSR count). The van der Waals surface area contributed by atoms with E-state index >= 15 is 0 Å². The molecule has 1 unspecified atom stereocenters. The average molecular weight is 334 g/mol. The van der Waals surface area contributed by atoms with Gasteiger partial charge in [0, 0.05) is 29.7 Å². The van der Waals surface area contributed by atoms with Gasteiger partial charge in [-0.15, -0.1) is 0 Å². The summed E-state index contributed by atoms with van der Waals surface area (Å²) < 4.78 is 5.08. The van der Waals surface area contributed by atoms with Crippen molar-refractivity contribution in [1.29, 1.82) is 0 Å². The number of carbonyl (C=O) groups is 1. The molecular weight excluding hydrogens is 312 g/mol. The van der Waals surface area contributed by atoms with Gasteiger partial charge in [-0.25, -0.2) is 4.79 Å². The monoisotopic (exact) mass is 334 g/mol. The Hall–Kier alpha value is -2.88. The van der Waals surface area contributed by atoms with Crippen LogP contribution in [0.3, 0.4) is 0 Å². The lowest BCUT2D eigenvalue weighted by Gasteiger charge is -2.31. The molecule has 4 nitrogen and oxygen atoms in total. The lowest BCUT2D eigenvalue weighted by molar-refractivity contribution is -0.136. The van der Waals surface area contributed by atoms with Crippen LogP contribution in [0.4, 0.5) is 0 Å². The number of nitrogens with zero attached hydrogens (tertiary/aromatic N) is 1. The van der Waals surface area contributed by atoms with Crippen molar-refractivity contribution in [3.05, 3.63) is 82.4 Å². The SMILES string of the molecule is COC(=O)C1=C(C)NC(C)=C(c2cccnc2)C1c1ccc(C)cc1. The topological polar surface area (TPSA) is 51.2 Å². The number of aromatic nitrogens is 1. The Morgan fingerprint density at radius 2 is 1.80 bits per heavy atom. The van der Waals surface area contributed by atoms with Crippen molar-refractivity contribution in [3.8, 4) is 0 Å². The summed E-state index contributed by atoms with van der Waals surface area (Å²) in [5.41, 5.74) is 6.75. The first-order valence-electron chi connectivity index (χ1n) is 8.26. The minimum absolute atomic E-state index is 0.196. The summed E-state index contributed by atoms with van der Waals surface area (Å²) in [6, 6.07) is 12.2. The van der Waals surface area contributed by atoms with Crippen LogP contribution in [0.25, 0.3) is 5.57 Å². The third-order valence-electron chi connectivity index (χ3n) is 4.55. The Kier molecular flexibility index (Phi) is 4.70. The van der Waals surface area contributed by atoms with Crippen LogP contribution in [0, 0.1) is 6.92 Å². The van der Waals surface area contributed by atoms with Gasteiger partial charge < -0.3 is 10.1 Å². The largest absolute Gasteiger partial charge is 0.466 e. The maximum atomic E-state index is 12.6. The highest BCUT2D eigenvalue weighted by molar-refractivity contribution is 5.97. The zero-order valence-electron chi connectivity index (χ0n) is 15.0. The Balaban J connectivity index is 2.23. The van der Waals surface area contributed by atoms with E-state index in [4.69, 9.17) is 4.74 Å². The molecular formula is C21H22N2O2. The van der Waals surface area contributed by atoms with E-state index in [-0.39, 0.29) is 11.9 Å². The number of aryl methyl sites for hydroxylation is 1. The van der Waals surface area contributed by atoms with Crippen LogP contribution in [0.15, 0.2) is 65.8 Å². The summed E-state index contributed by atoms with van der Waals surface area (Å²) in [5, 5.41) is 3.33. The third-order valence-corrected chi connectivity index (χ3v) is 4.55. The van der Waals surface area contributed by atoms with E-state index < -0.39 is 0 Å². The molecule has 1 aromatic carbocycles. The van der Waals surface area contributed by atoms with Crippen molar-refractivity contribution in [2.75, 3.05) is 7.11 Å². The highest BCUT2D eigenvalue weighted by Gasteiger charge is 2.34. The molecule has 1 N–H and O–H groups in total. The lowest BCUT2D eigenvalue weighted by atomic mass is 9.78. The van der Waals surface area contributed by atoms with Crippen molar-refractivity contribution < 1.29 is 9.53 Å². The van der Waals surface area contributed by atoms with Gasteiger partial charge in [0.15, 0.2) is 0 Å². The molecule has 0 saturated heterocycles. The number of rotatable bonds is 3. The third kappa shape index (κ3) is 3.20. The van der Waals surface area contributed by atoms with Crippen LogP contribution in [0.2, 0.25) is 0 Å². The molecule has 2 heterocycles. The maximum absolute atomic E-state index is 12.6. The van der Waals surface area contributed by atoms with E-state index in [0.29, 0.717) is 5.57 Å². The summed E-state index contributed by atoms with van der Waals surface area (Å²) in [6.07, 6.45) is 3.58. The number of nitrogens with one attached hydrogen (secondary N) is 1. The fourth-order valence-corrected chi connectivity index (χ4v) is 3.37. The number of esters is 1. The zero-order chi connectivity index (χ0) is 18.0. The van der Waals surface area contributed by atoms with Crippen molar-refractivity contribution in [2.24, 2.45) is 0 Å². The molecule has 0 radical (unpaired) electrons. The quantitative estimate of drug-likeness (QED) is 0.864. The number of allylic oxidation sites excluding steroid dienone is 3. The van der Waals surface area contributed by atoms with E-state index in [1.807, 2.05) is 32.2 Å². The molecule has 1 aliphatic rings. The number of ether oxygens (including phenoxy) is 1. The van der Waals surface area contributed by atoms with Gasteiger partial charge in [-0.3, -0.25) is 4.98 Å². The summed E-state index contributed by atoms with van der Waals surface area (Å²) in [7, 11) is 1.42. The fraction of sp³-hybridized carbons (Fsp3) is 0.238. The highest BCUT2D eigenvalue weighted by Crippen LogP contribution is 2.43. The summed E-state index contributed by atoms with van der Waals surface area (Å²) in [6.45, 7) is 6.00.